The summed E-state index contributed by atoms with van der Waals surface area (Å²) < 4.78 is 5.30. The second-order valence-electron chi connectivity index (χ2n) is 5.57. The number of hydrogen-bond acceptors (Lipinski definition) is 4. The van der Waals surface area contributed by atoms with Crippen molar-refractivity contribution in [1.82, 2.24) is 9.88 Å². The van der Waals surface area contributed by atoms with E-state index in [1.165, 1.54) is 19.3 Å². The molecule has 2 N–H and O–H groups in total. The number of ether oxygens (including phenoxy) is 1. The smallest absolute Gasteiger partial charge is 0.122 e. The lowest BCUT2D eigenvalue weighted by atomic mass is 9.90. The Morgan fingerprint density at radius 3 is 2.79 bits per heavy atom. The molecule has 4 nitrogen and oxygen atoms in total. The SMILES string of the molecule is COc1cc(C)nc(CN(C)C2CCCCC2N)c1. The van der Waals surface area contributed by atoms with Crippen LogP contribution in [0.5, 0.6) is 5.75 Å². The lowest BCUT2D eigenvalue weighted by molar-refractivity contribution is 0.160. The van der Waals surface area contributed by atoms with Gasteiger partial charge in [0.05, 0.1) is 12.8 Å². The number of methoxy groups -OCH3 is 1. The van der Waals surface area contributed by atoms with Crippen LogP contribution < -0.4 is 10.5 Å². The molecule has 0 radical (unpaired) electrons. The van der Waals surface area contributed by atoms with E-state index in [9.17, 15) is 0 Å². The quantitative estimate of drug-likeness (QED) is 0.904. The van der Waals surface area contributed by atoms with Crippen LogP contribution in [0.1, 0.15) is 37.1 Å². The van der Waals surface area contributed by atoms with E-state index < -0.39 is 0 Å². The molecule has 2 unspecified atom stereocenters. The average Bonchev–Trinajstić information content (AvgIpc) is 2.38. The van der Waals surface area contributed by atoms with Crippen LogP contribution in [0.15, 0.2) is 12.1 Å². The van der Waals surface area contributed by atoms with Crippen LogP contribution in [0.4, 0.5) is 0 Å². The fourth-order valence-electron chi connectivity index (χ4n) is 2.96. The lowest BCUT2D eigenvalue weighted by Gasteiger charge is -2.35. The van der Waals surface area contributed by atoms with Gasteiger partial charge in [0.2, 0.25) is 0 Å². The molecule has 0 aliphatic heterocycles. The van der Waals surface area contributed by atoms with Crippen molar-refractivity contribution >= 4 is 0 Å². The second-order valence-corrected chi connectivity index (χ2v) is 5.57. The van der Waals surface area contributed by atoms with Gasteiger partial charge in [0.15, 0.2) is 0 Å². The van der Waals surface area contributed by atoms with Gasteiger partial charge in [-0.1, -0.05) is 12.8 Å². The Bertz CT molecular complexity index is 422. The summed E-state index contributed by atoms with van der Waals surface area (Å²) in [4.78, 5) is 6.92. The molecule has 0 bridgehead atoms. The third-order valence-electron chi connectivity index (χ3n) is 3.97. The Morgan fingerprint density at radius 2 is 2.11 bits per heavy atom. The summed E-state index contributed by atoms with van der Waals surface area (Å²) in [7, 11) is 3.84. The minimum Gasteiger partial charge on any atom is -0.497 e. The predicted octanol–water partition coefficient (Wildman–Crippen LogP) is 2.10. The highest BCUT2D eigenvalue weighted by molar-refractivity contribution is 5.26. The normalized spacial score (nSPS) is 23.6. The maximum atomic E-state index is 6.23. The maximum Gasteiger partial charge on any atom is 0.122 e. The van der Waals surface area contributed by atoms with Crippen LogP contribution in [0.2, 0.25) is 0 Å². The summed E-state index contributed by atoms with van der Waals surface area (Å²) in [5.74, 6) is 0.879. The van der Waals surface area contributed by atoms with E-state index in [4.69, 9.17) is 10.5 Å². The first-order valence-electron chi connectivity index (χ1n) is 7.07. The van der Waals surface area contributed by atoms with Gasteiger partial charge in [-0.2, -0.15) is 0 Å². The lowest BCUT2D eigenvalue weighted by Crippen LogP contribution is -2.47. The fraction of sp³-hybridized carbons (Fsp3) is 0.667. The van der Waals surface area contributed by atoms with Crippen LogP contribution in [-0.2, 0) is 6.54 Å². The van der Waals surface area contributed by atoms with Gasteiger partial charge in [-0.15, -0.1) is 0 Å². The van der Waals surface area contributed by atoms with Crippen LogP contribution in [0.25, 0.3) is 0 Å². The molecule has 0 spiro atoms. The summed E-state index contributed by atoms with van der Waals surface area (Å²) in [6.07, 6.45) is 4.88. The Kier molecular flexibility index (Phi) is 4.77. The number of nitrogens with two attached hydrogens (primary N) is 1. The van der Waals surface area contributed by atoms with Crippen molar-refractivity contribution in [1.29, 1.82) is 0 Å². The van der Waals surface area contributed by atoms with E-state index in [1.807, 2.05) is 19.1 Å². The molecule has 1 aliphatic carbocycles. The first-order valence-corrected chi connectivity index (χ1v) is 7.07. The van der Waals surface area contributed by atoms with Crippen molar-refractivity contribution in [3.63, 3.8) is 0 Å². The Morgan fingerprint density at radius 1 is 1.37 bits per heavy atom. The molecule has 0 aromatic carbocycles. The second kappa shape index (κ2) is 6.35. The molecule has 1 aliphatic rings. The molecule has 1 fully saturated rings. The molecular weight excluding hydrogens is 238 g/mol. The molecule has 1 aromatic rings. The van der Waals surface area contributed by atoms with Crippen molar-refractivity contribution in [2.75, 3.05) is 14.2 Å². The molecule has 19 heavy (non-hydrogen) atoms. The molecule has 106 valence electrons. The topological polar surface area (TPSA) is 51.4 Å². The van der Waals surface area contributed by atoms with E-state index in [2.05, 4.69) is 16.9 Å². The standard InChI is InChI=1S/C15H25N3O/c1-11-8-13(19-3)9-12(17-11)10-18(2)15-7-5-4-6-14(15)16/h8-9,14-15H,4-7,10,16H2,1-3H3. The zero-order valence-corrected chi connectivity index (χ0v) is 12.2. The molecule has 4 heteroatoms. The fourth-order valence-corrected chi connectivity index (χ4v) is 2.96. The molecule has 2 atom stereocenters. The zero-order chi connectivity index (χ0) is 13.8. The zero-order valence-electron chi connectivity index (χ0n) is 12.2. The summed E-state index contributed by atoms with van der Waals surface area (Å²) in [5.41, 5.74) is 8.28. The van der Waals surface area contributed by atoms with E-state index in [0.717, 1.165) is 30.1 Å². The number of aryl methyl sites for hydroxylation is 1. The van der Waals surface area contributed by atoms with Crippen LogP contribution in [0.3, 0.4) is 0 Å². The highest BCUT2D eigenvalue weighted by Crippen LogP contribution is 2.23. The minimum absolute atomic E-state index is 0.297. The highest BCUT2D eigenvalue weighted by atomic mass is 16.5. The van der Waals surface area contributed by atoms with Crippen molar-refractivity contribution in [2.24, 2.45) is 5.73 Å². The summed E-state index contributed by atoms with van der Waals surface area (Å²) in [6, 6.07) is 4.74. The summed E-state index contributed by atoms with van der Waals surface area (Å²) >= 11 is 0. The summed E-state index contributed by atoms with van der Waals surface area (Å²) in [6.45, 7) is 2.83. The van der Waals surface area contributed by atoms with Crippen molar-refractivity contribution in [3.05, 3.63) is 23.5 Å². The Labute approximate surface area is 116 Å². The third-order valence-corrected chi connectivity index (χ3v) is 3.97. The number of hydrogen-bond donors (Lipinski definition) is 1. The van der Waals surface area contributed by atoms with Crippen molar-refractivity contribution in [2.45, 2.75) is 51.2 Å². The molecular formula is C15H25N3O. The molecule has 0 saturated heterocycles. The Balaban J connectivity index is 2.05. The highest BCUT2D eigenvalue weighted by Gasteiger charge is 2.25. The van der Waals surface area contributed by atoms with E-state index >= 15 is 0 Å². The predicted molar refractivity (Wildman–Crippen MR) is 77.2 cm³/mol. The van der Waals surface area contributed by atoms with E-state index in [1.54, 1.807) is 7.11 Å². The monoisotopic (exact) mass is 263 g/mol. The van der Waals surface area contributed by atoms with Crippen LogP contribution in [-0.4, -0.2) is 36.1 Å². The maximum absolute atomic E-state index is 6.23. The van der Waals surface area contributed by atoms with Gasteiger partial charge < -0.3 is 10.5 Å². The number of likely N-dealkylation sites (N-methyl/N-ethyl adjacent to an activating group) is 1. The van der Waals surface area contributed by atoms with Gasteiger partial charge in [-0.3, -0.25) is 9.88 Å². The molecule has 2 rings (SSSR count). The largest absolute Gasteiger partial charge is 0.497 e. The number of rotatable bonds is 4. The van der Waals surface area contributed by atoms with E-state index in [0.29, 0.717) is 12.1 Å². The minimum atomic E-state index is 0.297. The first-order chi connectivity index (χ1) is 9.10. The number of nitrogens with zero attached hydrogens (tertiary/aromatic N) is 2. The van der Waals surface area contributed by atoms with Crippen molar-refractivity contribution < 1.29 is 4.74 Å². The van der Waals surface area contributed by atoms with Gasteiger partial charge in [-0.25, -0.2) is 0 Å². The average molecular weight is 263 g/mol. The third kappa shape index (κ3) is 3.67. The number of aromatic nitrogens is 1. The van der Waals surface area contributed by atoms with Gasteiger partial charge in [0.25, 0.3) is 0 Å². The van der Waals surface area contributed by atoms with Gasteiger partial charge in [-0.05, 0) is 26.8 Å². The summed E-state index contributed by atoms with van der Waals surface area (Å²) in [5, 5.41) is 0. The number of pyridine rings is 1. The molecule has 1 heterocycles. The van der Waals surface area contributed by atoms with Crippen LogP contribution in [0, 0.1) is 6.92 Å². The first kappa shape index (κ1) is 14.3. The van der Waals surface area contributed by atoms with Gasteiger partial charge in [0.1, 0.15) is 5.75 Å². The Hall–Kier alpha value is -1.13. The molecule has 1 aromatic heterocycles. The molecule has 1 saturated carbocycles. The molecule has 0 amide bonds. The van der Waals surface area contributed by atoms with E-state index in [-0.39, 0.29) is 0 Å². The van der Waals surface area contributed by atoms with Gasteiger partial charge in [0, 0.05) is 36.5 Å². The van der Waals surface area contributed by atoms with Crippen molar-refractivity contribution in [3.8, 4) is 5.75 Å². The van der Waals surface area contributed by atoms with Gasteiger partial charge >= 0.3 is 0 Å². The van der Waals surface area contributed by atoms with Crippen LogP contribution >= 0.6 is 0 Å².